The standard InChI is InChI=1S/C29H37N3O5/c1-9-19(3)24(31-28(35)37-29(5,6)7)27(34)32(10-2)25(23-14-12-11-13-20(23)4)26(33)30-21-15-17-22(36-8)18-16-21/h2,11-19,24-25H,9H2,1,3-8H3,(H,30,33)(H,31,35). The topological polar surface area (TPSA) is 97.0 Å². The van der Waals surface area contributed by atoms with Gasteiger partial charge in [-0.05, 0) is 69.0 Å². The van der Waals surface area contributed by atoms with E-state index in [1.54, 1.807) is 64.3 Å². The van der Waals surface area contributed by atoms with Crippen LogP contribution in [0.5, 0.6) is 5.75 Å². The lowest BCUT2D eigenvalue weighted by molar-refractivity contribution is -0.137. The normalized spacial score (nSPS) is 13.4. The Hall–Kier alpha value is -3.99. The Morgan fingerprint density at radius 3 is 2.22 bits per heavy atom. The van der Waals surface area contributed by atoms with Gasteiger partial charge in [0, 0.05) is 11.7 Å². The summed E-state index contributed by atoms with van der Waals surface area (Å²) in [7, 11) is 1.55. The molecule has 2 rings (SSSR count). The number of hydrogen-bond acceptors (Lipinski definition) is 5. The van der Waals surface area contributed by atoms with E-state index < -0.39 is 35.6 Å². The van der Waals surface area contributed by atoms with Crippen molar-refractivity contribution in [3.8, 4) is 18.2 Å². The molecule has 0 spiro atoms. The Labute approximate surface area is 219 Å². The molecule has 0 heterocycles. The van der Waals surface area contributed by atoms with Crippen molar-refractivity contribution >= 4 is 23.6 Å². The van der Waals surface area contributed by atoms with E-state index in [0.29, 0.717) is 23.4 Å². The molecule has 3 amide bonds. The van der Waals surface area contributed by atoms with Crippen LogP contribution in [0, 0.1) is 25.3 Å². The predicted octanol–water partition coefficient (Wildman–Crippen LogP) is 5.04. The Kier molecular flexibility index (Phi) is 10.1. The van der Waals surface area contributed by atoms with Crippen molar-refractivity contribution in [1.82, 2.24) is 10.2 Å². The molecule has 8 heteroatoms. The van der Waals surface area contributed by atoms with Gasteiger partial charge >= 0.3 is 6.09 Å². The zero-order chi connectivity index (χ0) is 27.8. The van der Waals surface area contributed by atoms with Crippen LogP contribution in [0.25, 0.3) is 0 Å². The van der Waals surface area contributed by atoms with Crippen molar-refractivity contribution in [2.75, 3.05) is 12.4 Å². The van der Waals surface area contributed by atoms with Gasteiger partial charge in [0.2, 0.25) is 0 Å². The highest BCUT2D eigenvalue weighted by Gasteiger charge is 2.38. The molecule has 0 bridgehead atoms. The fraction of sp³-hybridized carbons (Fsp3) is 0.414. The number of nitrogens with one attached hydrogen (secondary N) is 2. The largest absolute Gasteiger partial charge is 0.497 e. The molecule has 3 unspecified atom stereocenters. The lowest BCUT2D eigenvalue weighted by Crippen LogP contribution is -2.53. The fourth-order valence-corrected chi connectivity index (χ4v) is 3.71. The molecule has 0 saturated carbocycles. The van der Waals surface area contributed by atoms with Crippen LogP contribution in [0.15, 0.2) is 48.5 Å². The van der Waals surface area contributed by atoms with Crippen molar-refractivity contribution in [2.24, 2.45) is 5.92 Å². The van der Waals surface area contributed by atoms with Gasteiger partial charge in [0.05, 0.1) is 7.11 Å². The molecule has 8 nitrogen and oxygen atoms in total. The lowest BCUT2D eigenvalue weighted by atomic mass is 9.95. The van der Waals surface area contributed by atoms with Gasteiger partial charge in [-0.3, -0.25) is 14.5 Å². The fourth-order valence-electron chi connectivity index (χ4n) is 3.71. The number of nitrogens with zero attached hydrogens (tertiary/aromatic N) is 1. The van der Waals surface area contributed by atoms with Crippen LogP contribution in [-0.4, -0.2) is 41.6 Å². The molecular weight excluding hydrogens is 470 g/mol. The number of alkyl carbamates (subject to hydrolysis) is 1. The van der Waals surface area contributed by atoms with Crippen LogP contribution in [0.4, 0.5) is 10.5 Å². The first kappa shape index (κ1) is 29.2. The summed E-state index contributed by atoms with van der Waals surface area (Å²) in [6.07, 6.45) is 5.70. The first-order chi connectivity index (χ1) is 17.4. The highest BCUT2D eigenvalue weighted by atomic mass is 16.6. The SMILES string of the molecule is C#CN(C(=O)C(NC(=O)OC(C)(C)C)C(C)CC)C(C(=O)Nc1ccc(OC)cc1)c1ccccc1C. The summed E-state index contributed by atoms with van der Waals surface area (Å²) in [4.78, 5) is 41.1. The van der Waals surface area contributed by atoms with Gasteiger partial charge in [0.25, 0.3) is 11.8 Å². The highest BCUT2D eigenvalue weighted by molar-refractivity contribution is 5.99. The summed E-state index contributed by atoms with van der Waals surface area (Å²) in [6, 6.07) is 14.3. The third kappa shape index (κ3) is 8.01. The third-order valence-corrected chi connectivity index (χ3v) is 5.87. The number of ether oxygens (including phenoxy) is 2. The molecule has 2 N–H and O–H groups in total. The van der Waals surface area contributed by atoms with Gasteiger partial charge < -0.3 is 20.1 Å². The van der Waals surface area contributed by atoms with Gasteiger partial charge in [-0.25, -0.2) is 4.79 Å². The average Bonchev–Trinajstić information content (AvgIpc) is 2.85. The minimum absolute atomic E-state index is 0.280. The Bertz CT molecular complexity index is 1130. The van der Waals surface area contributed by atoms with E-state index in [0.717, 1.165) is 10.5 Å². The van der Waals surface area contributed by atoms with Crippen molar-refractivity contribution in [3.63, 3.8) is 0 Å². The molecule has 198 valence electrons. The summed E-state index contributed by atoms with van der Waals surface area (Å²) >= 11 is 0. The lowest BCUT2D eigenvalue weighted by Gasteiger charge is -2.33. The highest BCUT2D eigenvalue weighted by Crippen LogP contribution is 2.28. The summed E-state index contributed by atoms with van der Waals surface area (Å²) in [6.45, 7) is 10.8. The summed E-state index contributed by atoms with van der Waals surface area (Å²) < 4.78 is 10.6. The summed E-state index contributed by atoms with van der Waals surface area (Å²) in [5, 5.41) is 5.51. The number of aryl methyl sites for hydroxylation is 1. The average molecular weight is 508 g/mol. The van der Waals surface area contributed by atoms with E-state index in [1.807, 2.05) is 32.9 Å². The maximum Gasteiger partial charge on any atom is 0.408 e. The zero-order valence-corrected chi connectivity index (χ0v) is 22.6. The number of rotatable bonds is 9. The molecule has 37 heavy (non-hydrogen) atoms. The van der Waals surface area contributed by atoms with Gasteiger partial charge in [-0.1, -0.05) is 51.0 Å². The number of carbonyl (C=O) groups is 3. The first-order valence-corrected chi connectivity index (χ1v) is 12.2. The Morgan fingerprint density at radius 2 is 1.70 bits per heavy atom. The number of methoxy groups -OCH3 is 1. The maximum atomic E-state index is 13.9. The third-order valence-electron chi connectivity index (χ3n) is 5.87. The molecule has 0 aliphatic carbocycles. The predicted molar refractivity (Wildman–Crippen MR) is 144 cm³/mol. The second kappa shape index (κ2) is 12.8. The molecule has 0 fully saturated rings. The molecule has 3 atom stereocenters. The molecule has 0 radical (unpaired) electrons. The molecular formula is C29H37N3O5. The summed E-state index contributed by atoms with van der Waals surface area (Å²) in [5.41, 5.74) is 1.12. The Morgan fingerprint density at radius 1 is 1.08 bits per heavy atom. The number of hydrogen-bond donors (Lipinski definition) is 2. The molecule has 0 aliphatic heterocycles. The van der Waals surface area contributed by atoms with Crippen LogP contribution in [0.1, 0.15) is 58.2 Å². The van der Waals surface area contributed by atoms with Crippen LogP contribution < -0.4 is 15.4 Å². The second-order valence-corrected chi connectivity index (χ2v) is 9.82. The van der Waals surface area contributed by atoms with Crippen LogP contribution in [0.3, 0.4) is 0 Å². The van der Waals surface area contributed by atoms with Gasteiger partial charge in [0.15, 0.2) is 0 Å². The van der Waals surface area contributed by atoms with E-state index in [9.17, 15) is 14.4 Å². The molecule has 2 aromatic rings. The molecule has 0 saturated heterocycles. The molecule has 0 aliphatic rings. The van der Waals surface area contributed by atoms with Gasteiger partial charge in [-0.15, -0.1) is 0 Å². The number of terminal acetylenes is 1. The Balaban J connectivity index is 2.47. The minimum Gasteiger partial charge on any atom is -0.497 e. The van der Waals surface area contributed by atoms with E-state index in [-0.39, 0.29) is 5.92 Å². The van der Waals surface area contributed by atoms with Crippen molar-refractivity contribution in [3.05, 3.63) is 59.7 Å². The molecule has 2 aromatic carbocycles. The van der Waals surface area contributed by atoms with Crippen molar-refractivity contribution in [2.45, 2.75) is 65.6 Å². The summed E-state index contributed by atoms with van der Waals surface area (Å²) in [5.74, 6) is -0.719. The van der Waals surface area contributed by atoms with Crippen LogP contribution >= 0.6 is 0 Å². The number of amides is 3. The quantitative estimate of drug-likeness (QED) is 0.366. The van der Waals surface area contributed by atoms with E-state index in [2.05, 4.69) is 16.7 Å². The number of carbonyl (C=O) groups excluding carboxylic acids is 3. The number of anilines is 1. The zero-order valence-electron chi connectivity index (χ0n) is 22.6. The second-order valence-electron chi connectivity index (χ2n) is 9.82. The smallest absolute Gasteiger partial charge is 0.408 e. The van der Waals surface area contributed by atoms with Gasteiger partial charge in [-0.2, -0.15) is 0 Å². The monoisotopic (exact) mass is 507 g/mol. The maximum absolute atomic E-state index is 13.9. The van der Waals surface area contributed by atoms with Crippen molar-refractivity contribution < 1.29 is 23.9 Å². The van der Waals surface area contributed by atoms with Crippen molar-refractivity contribution in [1.29, 1.82) is 0 Å². The van der Waals surface area contributed by atoms with E-state index in [4.69, 9.17) is 15.9 Å². The first-order valence-electron chi connectivity index (χ1n) is 12.2. The van der Waals surface area contributed by atoms with Gasteiger partial charge in [0.1, 0.15) is 23.4 Å². The molecule has 0 aromatic heterocycles. The van der Waals surface area contributed by atoms with Crippen LogP contribution in [0.2, 0.25) is 0 Å². The van der Waals surface area contributed by atoms with E-state index >= 15 is 0 Å². The number of benzene rings is 2. The van der Waals surface area contributed by atoms with E-state index in [1.165, 1.54) is 0 Å². The van der Waals surface area contributed by atoms with Crippen LogP contribution in [-0.2, 0) is 14.3 Å². The minimum atomic E-state index is -1.15.